The van der Waals surface area contributed by atoms with Gasteiger partial charge in [-0.05, 0) is 24.3 Å². The van der Waals surface area contributed by atoms with E-state index in [0.717, 1.165) is 0 Å². The summed E-state index contributed by atoms with van der Waals surface area (Å²) in [6.07, 6.45) is 0. The normalized spacial score (nSPS) is 10.2. The third-order valence-corrected chi connectivity index (χ3v) is 2.41. The summed E-state index contributed by atoms with van der Waals surface area (Å²) in [5.74, 6) is -0.310. The van der Waals surface area contributed by atoms with Gasteiger partial charge in [0.15, 0.2) is 0 Å². The van der Waals surface area contributed by atoms with Crippen LogP contribution < -0.4 is 9.47 Å². The van der Waals surface area contributed by atoms with Crippen molar-refractivity contribution in [2.75, 3.05) is 14.2 Å². The molecule has 0 spiro atoms. The maximum atomic E-state index is 11.0. The lowest BCUT2D eigenvalue weighted by atomic mass is 10.1. The number of aromatic carboxylic acids is 1. The maximum absolute atomic E-state index is 11.0. The third kappa shape index (κ3) is 1.99. The molecule has 1 aromatic heterocycles. The number of benzene rings is 1. The monoisotopic (exact) mass is 233 g/mol. The lowest BCUT2D eigenvalue weighted by Gasteiger charge is -2.07. The second-order valence-electron chi connectivity index (χ2n) is 3.41. The molecule has 0 aliphatic heterocycles. The number of carboxylic acid groups (broad SMARTS) is 1. The third-order valence-electron chi connectivity index (χ3n) is 2.41. The number of nitrogens with zero attached hydrogens (tertiary/aromatic N) is 1. The number of ether oxygens (including phenoxy) is 2. The number of fused-ring (bicyclic) bond motifs is 1. The van der Waals surface area contributed by atoms with Crippen LogP contribution in [0.2, 0.25) is 0 Å². The molecule has 1 aromatic carbocycles. The molecule has 0 aliphatic rings. The summed E-state index contributed by atoms with van der Waals surface area (Å²) in [5.41, 5.74) is 0.695. The van der Waals surface area contributed by atoms with Gasteiger partial charge in [0.2, 0.25) is 5.88 Å². The zero-order valence-electron chi connectivity index (χ0n) is 9.43. The topological polar surface area (TPSA) is 68.7 Å². The number of aromatic nitrogens is 1. The number of methoxy groups -OCH3 is 2. The average Bonchev–Trinajstić information content (AvgIpc) is 2.36. The summed E-state index contributed by atoms with van der Waals surface area (Å²) < 4.78 is 10.0. The van der Waals surface area contributed by atoms with Crippen molar-refractivity contribution in [3.63, 3.8) is 0 Å². The highest BCUT2D eigenvalue weighted by atomic mass is 16.5. The second-order valence-corrected chi connectivity index (χ2v) is 3.41. The van der Waals surface area contributed by atoms with Crippen molar-refractivity contribution in [3.05, 3.63) is 29.8 Å². The Balaban J connectivity index is 2.69. The average molecular weight is 233 g/mol. The van der Waals surface area contributed by atoms with E-state index in [1.807, 2.05) is 0 Å². The molecule has 0 saturated carbocycles. The molecule has 0 aliphatic carbocycles. The predicted octanol–water partition coefficient (Wildman–Crippen LogP) is 1.95. The summed E-state index contributed by atoms with van der Waals surface area (Å²) in [6.45, 7) is 0. The van der Waals surface area contributed by atoms with E-state index >= 15 is 0 Å². The minimum absolute atomic E-state index is 0.0354. The van der Waals surface area contributed by atoms with Crippen LogP contribution in [0, 0.1) is 0 Å². The smallest absolute Gasteiger partial charge is 0.341 e. The molecule has 2 aromatic rings. The van der Waals surface area contributed by atoms with Crippen molar-refractivity contribution in [1.82, 2.24) is 4.98 Å². The number of hydrogen-bond donors (Lipinski definition) is 1. The standard InChI is InChI=1S/C12H11NO4/c1-16-8-3-4-10-7(5-8)6-9(12(14)15)11(13-10)17-2/h3-6H,1-2H3,(H,14,15). The lowest BCUT2D eigenvalue weighted by molar-refractivity contribution is 0.0692. The van der Waals surface area contributed by atoms with E-state index in [1.54, 1.807) is 25.3 Å². The van der Waals surface area contributed by atoms with Gasteiger partial charge >= 0.3 is 5.97 Å². The fraction of sp³-hybridized carbons (Fsp3) is 0.167. The summed E-state index contributed by atoms with van der Waals surface area (Å²) in [6, 6.07) is 6.76. The quantitative estimate of drug-likeness (QED) is 0.877. The van der Waals surface area contributed by atoms with E-state index in [4.69, 9.17) is 14.6 Å². The number of carboxylic acids is 1. The van der Waals surface area contributed by atoms with Crippen molar-refractivity contribution in [1.29, 1.82) is 0 Å². The van der Waals surface area contributed by atoms with Crippen LogP contribution in [0.1, 0.15) is 10.4 Å². The number of pyridine rings is 1. The van der Waals surface area contributed by atoms with Crippen molar-refractivity contribution in [2.24, 2.45) is 0 Å². The highest BCUT2D eigenvalue weighted by Gasteiger charge is 2.14. The molecule has 0 fully saturated rings. The van der Waals surface area contributed by atoms with Crippen LogP contribution in [0.15, 0.2) is 24.3 Å². The lowest BCUT2D eigenvalue weighted by Crippen LogP contribution is -2.02. The molecular formula is C12H11NO4. The largest absolute Gasteiger partial charge is 0.497 e. The SMILES string of the molecule is COc1ccc2nc(OC)c(C(=O)O)cc2c1. The van der Waals surface area contributed by atoms with E-state index < -0.39 is 5.97 Å². The van der Waals surface area contributed by atoms with Gasteiger partial charge in [0.1, 0.15) is 11.3 Å². The molecule has 5 heteroatoms. The van der Waals surface area contributed by atoms with Crippen LogP contribution in [0.25, 0.3) is 10.9 Å². The summed E-state index contributed by atoms with van der Waals surface area (Å²) in [7, 11) is 2.94. The van der Waals surface area contributed by atoms with Gasteiger partial charge in [-0.25, -0.2) is 9.78 Å². The first-order chi connectivity index (χ1) is 8.15. The van der Waals surface area contributed by atoms with Crippen molar-refractivity contribution in [3.8, 4) is 11.6 Å². The maximum Gasteiger partial charge on any atom is 0.341 e. The molecule has 0 radical (unpaired) electrons. The minimum Gasteiger partial charge on any atom is -0.497 e. The van der Waals surface area contributed by atoms with E-state index in [2.05, 4.69) is 4.98 Å². The highest BCUT2D eigenvalue weighted by molar-refractivity contribution is 5.95. The Morgan fingerprint density at radius 1 is 1.24 bits per heavy atom. The number of carbonyl (C=O) groups is 1. The highest BCUT2D eigenvalue weighted by Crippen LogP contribution is 2.25. The van der Waals surface area contributed by atoms with Gasteiger partial charge in [-0.1, -0.05) is 0 Å². The molecule has 0 unspecified atom stereocenters. The molecule has 17 heavy (non-hydrogen) atoms. The van der Waals surface area contributed by atoms with E-state index in [0.29, 0.717) is 16.7 Å². The Kier molecular flexibility index (Phi) is 2.82. The van der Waals surface area contributed by atoms with Crippen LogP contribution in [0.3, 0.4) is 0 Å². The second kappa shape index (κ2) is 4.29. The molecule has 0 saturated heterocycles. The first-order valence-electron chi connectivity index (χ1n) is 4.92. The molecule has 88 valence electrons. The molecular weight excluding hydrogens is 222 g/mol. The number of hydrogen-bond acceptors (Lipinski definition) is 4. The minimum atomic E-state index is -1.07. The zero-order valence-corrected chi connectivity index (χ0v) is 9.43. The van der Waals surface area contributed by atoms with Crippen molar-refractivity contribution >= 4 is 16.9 Å². The predicted molar refractivity (Wildman–Crippen MR) is 61.8 cm³/mol. The van der Waals surface area contributed by atoms with E-state index in [1.165, 1.54) is 13.2 Å². The molecule has 5 nitrogen and oxygen atoms in total. The Bertz CT molecular complexity index is 580. The summed E-state index contributed by atoms with van der Waals surface area (Å²) in [4.78, 5) is 15.2. The van der Waals surface area contributed by atoms with Gasteiger partial charge in [-0.3, -0.25) is 0 Å². The van der Waals surface area contributed by atoms with Crippen LogP contribution in [-0.2, 0) is 0 Å². The Morgan fingerprint density at radius 3 is 2.59 bits per heavy atom. The molecule has 1 heterocycles. The van der Waals surface area contributed by atoms with E-state index in [9.17, 15) is 4.79 Å². The molecule has 1 N–H and O–H groups in total. The molecule has 0 atom stereocenters. The molecule has 2 rings (SSSR count). The van der Waals surface area contributed by atoms with Crippen LogP contribution in [0.4, 0.5) is 0 Å². The summed E-state index contributed by atoms with van der Waals surface area (Å²) >= 11 is 0. The van der Waals surface area contributed by atoms with Crippen LogP contribution in [0.5, 0.6) is 11.6 Å². The van der Waals surface area contributed by atoms with Gasteiger partial charge in [0.25, 0.3) is 0 Å². The van der Waals surface area contributed by atoms with Gasteiger partial charge < -0.3 is 14.6 Å². The summed E-state index contributed by atoms with van der Waals surface area (Å²) in [5, 5.41) is 9.73. The Labute approximate surface area is 97.6 Å². The molecule has 0 bridgehead atoms. The van der Waals surface area contributed by atoms with Crippen molar-refractivity contribution in [2.45, 2.75) is 0 Å². The van der Waals surface area contributed by atoms with Crippen LogP contribution >= 0.6 is 0 Å². The van der Waals surface area contributed by atoms with Gasteiger partial charge in [-0.2, -0.15) is 0 Å². The zero-order chi connectivity index (χ0) is 12.4. The van der Waals surface area contributed by atoms with Gasteiger partial charge in [-0.15, -0.1) is 0 Å². The van der Waals surface area contributed by atoms with E-state index in [-0.39, 0.29) is 11.4 Å². The first-order valence-corrected chi connectivity index (χ1v) is 4.92. The fourth-order valence-electron chi connectivity index (χ4n) is 1.57. The van der Waals surface area contributed by atoms with Crippen molar-refractivity contribution < 1.29 is 19.4 Å². The van der Waals surface area contributed by atoms with Gasteiger partial charge in [0, 0.05) is 5.39 Å². The number of rotatable bonds is 3. The Hall–Kier alpha value is -2.30. The molecule has 0 amide bonds. The van der Waals surface area contributed by atoms with Crippen LogP contribution in [-0.4, -0.2) is 30.3 Å². The van der Waals surface area contributed by atoms with Gasteiger partial charge in [0.05, 0.1) is 19.7 Å². The fourth-order valence-corrected chi connectivity index (χ4v) is 1.57. The first kappa shape index (κ1) is 11.2. The Morgan fingerprint density at radius 2 is 2.00 bits per heavy atom.